The Morgan fingerprint density at radius 3 is 3.09 bits per heavy atom. The van der Waals surface area contributed by atoms with Crippen molar-refractivity contribution in [1.29, 1.82) is 0 Å². The lowest BCUT2D eigenvalue weighted by Gasteiger charge is -1.98. The van der Waals surface area contributed by atoms with E-state index in [1.807, 2.05) is 24.6 Å². The molecule has 0 aliphatic carbocycles. The first-order valence-electron chi connectivity index (χ1n) is 6.76. The molecule has 6 nitrogen and oxygen atoms in total. The van der Waals surface area contributed by atoms with Crippen molar-refractivity contribution in [2.45, 2.75) is 13.5 Å². The summed E-state index contributed by atoms with van der Waals surface area (Å²) in [6.07, 6.45) is 5.15. The Morgan fingerprint density at radius 2 is 2.39 bits per heavy atom. The summed E-state index contributed by atoms with van der Waals surface area (Å²) < 4.78 is 8.11. The van der Waals surface area contributed by atoms with Gasteiger partial charge in [0.05, 0.1) is 23.4 Å². The van der Waals surface area contributed by atoms with Crippen LogP contribution in [0.2, 0.25) is 0 Å². The fourth-order valence-corrected chi connectivity index (χ4v) is 3.00. The van der Waals surface area contributed by atoms with Gasteiger partial charge in [-0.25, -0.2) is 5.43 Å². The third-order valence-electron chi connectivity index (χ3n) is 3.05. The van der Waals surface area contributed by atoms with E-state index < -0.39 is 0 Å². The second-order valence-corrected chi connectivity index (χ2v) is 6.65. The number of nitrogens with one attached hydrogen (secondary N) is 1. The summed E-state index contributed by atoms with van der Waals surface area (Å²) in [6.45, 7) is 2.45. The van der Waals surface area contributed by atoms with E-state index in [1.54, 1.807) is 40.6 Å². The van der Waals surface area contributed by atoms with Crippen LogP contribution in [0.1, 0.15) is 26.8 Å². The van der Waals surface area contributed by atoms with Crippen LogP contribution in [0.5, 0.6) is 0 Å². The Balaban J connectivity index is 1.60. The number of aryl methyl sites for hydroxylation is 1. The Bertz CT molecular complexity index is 849. The molecule has 0 radical (unpaired) electrons. The molecule has 0 aromatic carbocycles. The van der Waals surface area contributed by atoms with Gasteiger partial charge in [-0.15, -0.1) is 11.3 Å². The maximum Gasteiger partial charge on any atom is 0.307 e. The molecular weight excluding hydrogens is 380 g/mol. The van der Waals surface area contributed by atoms with Gasteiger partial charge in [0.1, 0.15) is 5.76 Å². The van der Waals surface area contributed by atoms with Crippen LogP contribution < -0.4 is 5.43 Å². The first kappa shape index (κ1) is 15.7. The minimum atomic E-state index is -0.386. The van der Waals surface area contributed by atoms with Gasteiger partial charge in [-0.05, 0) is 52.0 Å². The second kappa shape index (κ2) is 6.93. The molecule has 1 N–H and O–H groups in total. The van der Waals surface area contributed by atoms with Crippen molar-refractivity contribution < 1.29 is 9.21 Å². The number of furan rings is 1. The number of thiophene rings is 1. The Hall–Kier alpha value is -2.19. The molecule has 1 amide bonds. The minimum Gasteiger partial charge on any atom is -0.454 e. The topological polar surface area (TPSA) is 72.4 Å². The molecule has 3 rings (SSSR count). The molecule has 0 unspecified atom stereocenters. The van der Waals surface area contributed by atoms with Crippen LogP contribution in [0, 0.1) is 6.92 Å². The zero-order valence-corrected chi connectivity index (χ0v) is 14.6. The average molecular weight is 393 g/mol. The summed E-state index contributed by atoms with van der Waals surface area (Å²) in [5.74, 6) is 0.471. The molecule has 0 atom stereocenters. The lowest BCUT2D eigenvalue weighted by atomic mass is 10.3. The number of hydrogen-bond acceptors (Lipinski definition) is 5. The maximum absolute atomic E-state index is 12.0. The third-order valence-corrected chi connectivity index (χ3v) is 4.42. The smallest absolute Gasteiger partial charge is 0.307 e. The van der Waals surface area contributed by atoms with Gasteiger partial charge in [-0.3, -0.25) is 9.48 Å². The normalized spacial score (nSPS) is 11.2. The highest BCUT2D eigenvalue weighted by Crippen LogP contribution is 2.13. The number of halogens is 1. The predicted octanol–water partition coefficient (Wildman–Crippen LogP) is 3.42. The molecule has 0 saturated heterocycles. The molecule has 3 aromatic heterocycles. The van der Waals surface area contributed by atoms with Gasteiger partial charge in [0.2, 0.25) is 0 Å². The zero-order valence-electron chi connectivity index (χ0n) is 12.2. The summed E-state index contributed by atoms with van der Waals surface area (Å²) >= 11 is 4.90. The van der Waals surface area contributed by atoms with Crippen LogP contribution in [-0.4, -0.2) is 21.9 Å². The number of hydrogen-bond donors (Lipinski definition) is 1. The standard InChI is InChI=1S/C15H13BrN4O2S/c1-10-4-5-23-14(10)7-17-19-15(21)13-3-2-12(22-13)9-20-8-11(16)6-18-20/h2-8H,9H2,1H3,(H,19,21)/b17-7-. The van der Waals surface area contributed by atoms with Crippen LogP contribution >= 0.6 is 27.3 Å². The molecule has 0 aliphatic rings. The molecule has 3 heterocycles. The first-order valence-corrected chi connectivity index (χ1v) is 8.43. The molecule has 0 aliphatic heterocycles. The molecule has 0 spiro atoms. The van der Waals surface area contributed by atoms with Crippen LogP contribution in [0.15, 0.2) is 50.0 Å². The predicted molar refractivity (Wildman–Crippen MR) is 91.9 cm³/mol. The molecule has 3 aromatic rings. The van der Waals surface area contributed by atoms with Gasteiger partial charge in [0.15, 0.2) is 5.76 Å². The van der Waals surface area contributed by atoms with Crippen LogP contribution in [0.3, 0.4) is 0 Å². The van der Waals surface area contributed by atoms with Crippen molar-refractivity contribution in [3.8, 4) is 0 Å². The average Bonchev–Trinajstić information content (AvgIpc) is 3.23. The van der Waals surface area contributed by atoms with Gasteiger partial charge >= 0.3 is 5.91 Å². The number of amides is 1. The largest absolute Gasteiger partial charge is 0.454 e. The van der Waals surface area contributed by atoms with E-state index in [0.29, 0.717) is 12.3 Å². The molecule has 23 heavy (non-hydrogen) atoms. The monoisotopic (exact) mass is 392 g/mol. The van der Waals surface area contributed by atoms with Gasteiger partial charge < -0.3 is 4.42 Å². The minimum absolute atomic E-state index is 0.214. The molecule has 118 valence electrons. The second-order valence-electron chi connectivity index (χ2n) is 4.79. The van der Waals surface area contributed by atoms with E-state index in [0.717, 1.165) is 14.9 Å². The van der Waals surface area contributed by atoms with Gasteiger partial charge in [-0.2, -0.15) is 10.2 Å². The van der Waals surface area contributed by atoms with E-state index in [2.05, 4.69) is 31.6 Å². The molecular formula is C15H13BrN4O2S. The first-order chi connectivity index (χ1) is 11.1. The molecule has 0 bridgehead atoms. The van der Waals surface area contributed by atoms with Gasteiger partial charge in [-0.1, -0.05) is 0 Å². The van der Waals surface area contributed by atoms with Gasteiger partial charge in [0, 0.05) is 11.1 Å². The van der Waals surface area contributed by atoms with Crippen molar-refractivity contribution in [3.63, 3.8) is 0 Å². The van der Waals surface area contributed by atoms with Crippen molar-refractivity contribution in [1.82, 2.24) is 15.2 Å². The fourth-order valence-electron chi connectivity index (χ4n) is 1.89. The summed E-state index contributed by atoms with van der Waals surface area (Å²) in [5, 5.41) is 10.1. The summed E-state index contributed by atoms with van der Waals surface area (Å²) in [7, 11) is 0. The molecule has 0 fully saturated rings. The lowest BCUT2D eigenvalue weighted by Crippen LogP contribution is -2.16. The molecule has 8 heteroatoms. The third kappa shape index (κ3) is 3.96. The Morgan fingerprint density at radius 1 is 1.52 bits per heavy atom. The van der Waals surface area contributed by atoms with E-state index in [1.165, 1.54) is 0 Å². The summed E-state index contributed by atoms with van der Waals surface area (Å²) in [5.41, 5.74) is 3.58. The van der Waals surface area contributed by atoms with E-state index >= 15 is 0 Å². The number of aromatic nitrogens is 2. The highest BCUT2D eigenvalue weighted by Gasteiger charge is 2.11. The number of carbonyl (C=O) groups is 1. The molecule has 0 saturated carbocycles. The van der Waals surface area contributed by atoms with Crippen molar-refractivity contribution in [2.24, 2.45) is 5.10 Å². The van der Waals surface area contributed by atoms with Crippen molar-refractivity contribution in [3.05, 3.63) is 62.4 Å². The highest BCUT2D eigenvalue weighted by atomic mass is 79.9. The fraction of sp³-hybridized carbons (Fsp3) is 0.133. The zero-order chi connectivity index (χ0) is 16.2. The lowest BCUT2D eigenvalue weighted by molar-refractivity contribution is 0.0925. The number of carbonyl (C=O) groups excluding carboxylic acids is 1. The Kier molecular flexibility index (Phi) is 4.73. The SMILES string of the molecule is Cc1ccsc1/C=N\NC(=O)c1ccc(Cn2cc(Br)cn2)o1. The number of hydrazone groups is 1. The van der Waals surface area contributed by atoms with E-state index in [9.17, 15) is 4.79 Å². The number of nitrogens with zero attached hydrogens (tertiary/aromatic N) is 3. The van der Waals surface area contributed by atoms with Gasteiger partial charge in [0.25, 0.3) is 0 Å². The van der Waals surface area contributed by atoms with E-state index in [4.69, 9.17) is 4.42 Å². The number of rotatable bonds is 5. The maximum atomic E-state index is 12.0. The summed E-state index contributed by atoms with van der Waals surface area (Å²) in [4.78, 5) is 13.0. The van der Waals surface area contributed by atoms with Crippen LogP contribution in [0.4, 0.5) is 0 Å². The van der Waals surface area contributed by atoms with E-state index in [-0.39, 0.29) is 11.7 Å². The van der Waals surface area contributed by atoms with Crippen LogP contribution in [-0.2, 0) is 6.54 Å². The van der Waals surface area contributed by atoms with Crippen molar-refractivity contribution in [2.75, 3.05) is 0 Å². The quantitative estimate of drug-likeness (QED) is 0.533. The van der Waals surface area contributed by atoms with Crippen molar-refractivity contribution >= 4 is 39.4 Å². The summed E-state index contributed by atoms with van der Waals surface area (Å²) in [6, 6.07) is 5.37. The highest BCUT2D eigenvalue weighted by molar-refractivity contribution is 9.10. The Labute approximate surface area is 144 Å². The van der Waals surface area contributed by atoms with Crippen LogP contribution in [0.25, 0.3) is 0 Å².